The van der Waals surface area contributed by atoms with Crippen LogP contribution >= 0.6 is 15.9 Å². The number of nitrogens with zero attached hydrogens (tertiary/aromatic N) is 1. The van der Waals surface area contributed by atoms with Crippen molar-refractivity contribution in [3.8, 4) is 0 Å². The fraction of sp³-hybridized carbons (Fsp3) is 0.429. The Morgan fingerprint density at radius 3 is 2.60 bits per heavy atom. The van der Waals surface area contributed by atoms with Crippen molar-refractivity contribution in [3.05, 3.63) is 34.3 Å². The molecule has 1 rings (SSSR count). The average molecular weight is 342 g/mol. The Kier molecular flexibility index (Phi) is 6.51. The zero-order valence-corrected chi connectivity index (χ0v) is 13.3. The highest BCUT2D eigenvalue weighted by Crippen LogP contribution is 2.17. The predicted octanol–water partition coefficient (Wildman–Crippen LogP) is 2.24. The Hall–Kier alpha value is -1.56. The molecule has 0 heterocycles. The second-order valence-corrected chi connectivity index (χ2v) is 5.49. The molecule has 20 heavy (non-hydrogen) atoms. The summed E-state index contributed by atoms with van der Waals surface area (Å²) < 4.78 is 0.953. The molecule has 3 N–H and O–H groups in total. The first-order valence-electron chi connectivity index (χ1n) is 6.50. The van der Waals surface area contributed by atoms with Crippen molar-refractivity contribution >= 4 is 27.9 Å². The minimum Gasteiger partial charge on any atom is -0.352 e. The third kappa shape index (κ3) is 4.85. The lowest BCUT2D eigenvalue weighted by molar-refractivity contribution is -0.132. The molecule has 0 aliphatic rings. The minimum absolute atomic E-state index is 0.138. The van der Waals surface area contributed by atoms with E-state index in [4.69, 9.17) is 5.73 Å². The molecule has 3 amide bonds. The summed E-state index contributed by atoms with van der Waals surface area (Å²) in [6.07, 6.45) is 1.36. The number of benzene rings is 1. The van der Waals surface area contributed by atoms with E-state index >= 15 is 0 Å². The zero-order valence-electron chi connectivity index (χ0n) is 11.7. The molecule has 0 aliphatic carbocycles. The van der Waals surface area contributed by atoms with Crippen LogP contribution in [0.2, 0.25) is 0 Å². The van der Waals surface area contributed by atoms with Gasteiger partial charge in [0.05, 0.1) is 0 Å². The molecular weight excluding hydrogens is 322 g/mol. The lowest BCUT2D eigenvalue weighted by atomic mass is 10.1. The van der Waals surface area contributed by atoms with Gasteiger partial charge in [0.1, 0.15) is 6.04 Å². The fourth-order valence-corrected chi connectivity index (χ4v) is 2.35. The van der Waals surface area contributed by atoms with Crippen molar-refractivity contribution in [1.29, 1.82) is 0 Å². The van der Waals surface area contributed by atoms with Gasteiger partial charge in [-0.05, 0) is 18.1 Å². The maximum Gasteiger partial charge on any atom is 0.312 e. The SMILES string of the molecule is CCC[C@@H](NC(N)=O)C(=O)N(C)Cc1ccccc1Br. The van der Waals surface area contributed by atoms with Crippen LogP contribution < -0.4 is 11.1 Å². The quantitative estimate of drug-likeness (QED) is 0.832. The highest BCUT2D eigenvalue weighted by atomic mass is 79.9. The van der Waals surface area contributed by atoms with Crippen LogP contribution in [0.15, 0.2) is 28.7 Å². The van der Waals surface area contributed by atoms with E-state index in [1.54, 1.807) is 11.9 Å². The summed E-state index contributed by atoms with van der Waals surface area (Å²) in [5, 5.41) is 2.50. The Balaban J connectivity index is 2.73. The summed E-state index contributed by atoms with van der Waals surface area (Å²) in [7, 11) is 1.72. The third-order valence-corrected chi connectivity index (χ3v) is 3.71. The Morgan fingerprint density at radius 2 is 2.05 bits per heavy atom. The number of nitrogens with one attached hydrogen (secondary N) is 1. The van der Waals surface area contributed by atoms with Gasteiger partial charge in [0.25, 0.3) is 0 Å². The van der Waals surface area contributed by atoms with Crippen molar-refractivity contribution in [3.63, 3.8) is 0 Å². The number of urea groups is 1. The number of hydrogen-bond acceptors (Lipinski definition) is 2. The molecule has 0 fully saturated rings. The van der Waals surface area contributed by atoms with Crippen molar-refractivity contribution in [2.24, 2.45) is 5.73 Å². The third-order valence-electron chi connectivity index (χ3n) is 2.93. The lowest BCUT2D eigenvalue weighted by Gasteiger charge is -2.24. The zero-order chi connectivity index (χ0) is 15.1. The van der Waals surface area contributed by atoms with E-state index in [0.717, 1.165) is 16.5 Å². The Labute approximate surface area is 127 Å². The number of nitrogens with two attached hydrogens (primary N) is 1. The van der Waals surface area contributed by atoms with Crippen LogP contribution in [0.1, 0.15) is 25.3 Å². The second-order valence-electron chi connectivity index (χ2n) is 4.64. The van der Waals surface area contributed by atoms with Gasteiger partial charge in [0.15, 0.2) is 0 Å². The maximum atomic E-state index is 12.3. The molecule has 1 atom stereocenters. The fourth-order valence-electron chi connectivity index (χ4n) is 1.94. The van der Waals surface area contributed by atoms with Crippen molar-refractivity contribution in [2.75, 3.05) is 7.05 Å². The monoisotopic (exact) mass is 341 g/mol. The maximum absolute atomic E-state index is 12.3. The minimum atomic E-state index is -0.675. The summed E-state index contributed by atoms with van der Waals surface area (Å²) in [5.41, 5.74) is 6.12. The van der Waals surface area contributed by atoms with Gasteiger partial charge in [-0.15, -0.1) is 0 Å². The summed E-state index contributed by atoms with van der Waals surface area (Å²) in [5.74, 6) is -0.138. The standard InChI is InChI=1S/C14H20BrN3O2/c1-3-6-12(17-14(16)20)13(19)18(2)9-10-7-4-5-8-11(10)15/h4-5,7-8,12H,3,6,9H2,1-2H3,(H3,16,17,20)/t12-/m1/s1. The van der Waals surface area contributed by atoms with Crippen LogP contribution in [-0.4, -0.2) is 29.9 Å². The molecule has 0 spiro atoms. The molecule has 1 aromatic carbocycles. The predicted molar refractivity (Wildman–Crippen MR) is 82.0 cm³/mol. The molecule has 5 nitrogen and oxygen atoms in total. The van der Waals surface area contributed by atoms with Crippen LogP contribution in [0.5, 0.6) is 0 Å². The summed E-state index contributed by atoms with van der Waals surface area (Å²) in [6, 6.07) is 6.48. The van der Waals surface area contributed by atoms with Crippen molar-refractivity contribution in [1.82, 2.24) is 10.2 Å². The first-order valence-corrected chi connectivity index (χ1v) is 7.29. The van der Waals surface area contributed by atoms with Crippen LogP contribution in [-0.2, 0) is 11.3 Å². The first-order chi connectivity index (χ1) is 9.45. The van der Waals surface area contributed by atoms with Crippen LogP contribution in [0.25, 0.3) is 0 Å². The topological polar surface area (TPSA) is 75.4 Å². The van der Waals surface area contributed by atoms with Gasteiger partial charge in [-0.25, -0.2) is 4.79 Å². The summed E-state index contributed by atoms with van der Waals surface area (Å²) >= 11 is 3.45. The molecule has 0 aliphatic heterocycles. The second kappa shape index (κ2) is 7.89. The number of carbonyl (C=O) groups excluding carboxylic acids is 2. The van der Waals surface area contributed by atoms with Gasteiger partial charge in [-0.3, -0.25) is 4.79 Å². The average Bonchev–Trinajstić information content (AvgIpc) is 2.39. The number of hydrogen-bond donors (Lipinski definition) is 2. The Bertz CT molecular complexity index is 479. The van der Waals surface area contributed by atoms with Gasteiger partial charge in [0.2, 0.25) is 5.91 Å². The van der Waals surface area contributed by atoms with Gasteiger partial charge in [-0.2, -0.15) is 0 Å². The number of halogens is 1. The van der Waals surface area contributed by atoms with Crippen LogP contribution in [0.4, 0.5) is 4.79 Å². The molecule has 6 heteroatoms. The number of primary amides is 1. The summed E-state index contributed by atoms with van der Waals surface area (Å²) in [6.45, 7) is 2.43. The highest BCUT2D eigenvalue weighted by molar-refractivity contribution is 9.10. The van der Waals surface area contributed by atoms with Crippen LogP contribution in [0, 0.1) is 0 Å². The first kappa shape index (κ1) is 16.5. The van der Waals surface area contributed by atoms with Gasteiger partial charge >= 0.3 is 6.03 Å². The number of rotatable bonds is 6. The van der Waals surface area contributed by atoms with E-state index in [2.05, 4.69) is 21.2 Å². The van der Waals surface area contributed by atoms with Crippen molar-refractivity contribution in [2.45, 2.75) is 32.4 Å². The van der Waals surface area contributed by atoms with Gasteiger partial charge < -0.3 is 16.0 Å². The van der Waals surface area contributed by atoms with E-state index in [-0.39, 0.29) is 5.91 Å². The van der Waals surface area contributed by atoms with Gasteiger partial charge in [0, 0.05) is 18.1 Å². The number of amides is 3. The molecule has 0 saturated heterocycles. The molecule has 110 valence electrons. The molecule has 0 unspecified atom stereocenters. The van der Waals surface area contributed by atoms with Crippen LogP contribution in [0.3, 0.4) is 0 Å². The number of likely N-dealkylation sites (N-methyl/N-ethyl adjacent to an activating group) is 1. The molecule has 0 saturated carbocycles. The molecule has 1 aromatic rings. The molecule has 0 radical (unpaired) electrons. The van der Waals surface area contributed by atoms with E-state index in [0.29, 0.717) is 13.0 Å². The largest absolute Gasteiger partial charge is 0.352 e. The Morgan fingerprint density at radius 1 is 1.40 bits per heavy atom. The van der Waals surface area contributed by atoms with Gasteiger partial charge in [-0.1, -0.05) is 47.5 Å². The summed E-state index contributed by atoms with van der Waals surface area (Å²) in [4.78, 5) is 24.9. The molecular formula is C14H20BrN3O2. The molecule has 0 aromatic heterocycles. The smallest absolute Gasteiger partial charge is 0.312 e. The highest BCUT2D eigenvalue weighted by Gasteiger charge is 2.22. The van der Waals surface area contributed by atoms with E-state index in [1.165, 1.54) is 0 Å². The van der Waals surface area contributed by atoms with Crippen molar-refractivity contribution < 1.29 is 9.59 Å². The lowest BCUT2D eigenvalue weighted by Crippen LogP contribution is -2.48. The van der Waals surface area contributed by atoms with E-state index in [1.807, 2.05) is 31.2 Å². The van der Waals surface area contributed by atoms with E-state index in [9.17, 15) is 9.59 Å². The normalized spacial score (nSPS) is 11.8. The number of carbonyl (C=O) groups is 2. The van der Waals surface area contributed by atoms with E-state index < -0.39 is 12.1 Å². The molecule has 0 bridgehead atoms.